The summed E-state index contributed by atoms with van der Waals surface area (Å²) >= 11 is 2.12. The van der Waals surface area contributed by atoms with Crippen LogP contribution in [0.4, 0.5) is 0 Å². The second-order valence-electron chi connectivity index (χ2n) is 5.61. The Labute approximate surface area is 108 Å². The zero-order valence-electron chi connectivity index (χ0n) is 10.7. The van der Waals surface area contributed by atoms with Crippen molar-refractivity contribution in [2.24, 2.45) is 5.92 Å². The molecular weight excluding hydrogens is 228 g/mol. The Kier molecular flexibility index (Phi) is 3.46. The Bertz CT molecular complexity index is 380. The van der Waals surface area contributed by atoms with Crippen LogP contribution in [0.5, 0.6) is 0 Å². The molecule has 0 aromatic carbocycles. The smallest absolute Gasteiger partial charge is 0.111 e. The van der Waals surface area contributed by atoms with Gasteiger partial charge in [-0.05, 0) is 49.5 Å². The van der Waals surface area contributed by atoms with E-state index in [-0.39, 0.29) is 0 Å². The summed E-state index contributed by atoms with van der Waals surface area (Å²) in [6.07, 6.45) is 8.98. The number of fused-ring (bicyclic) bond motifs is 1. The first kappa shape index (κ1) is 11.6. The lowest BCUT2D eigenvalue weighted by atomic mass is 10.00. The number of hydrogen-bond acceptors (Lipinski definition) is 2. The lowest BCUT2D eigenvalue weighted by Crippen LogP contribution is -2.13. The predicted molar refractivity (Wildman–Crippen MR) is 73.6 cm³/mol. The molecule has 17 heavy (non-hydrogen) atoms. The lowest BCUT2D eigenvalue weighted by Gasteiger charge is -2.19. The predicted octanol–water partition coefficient (Wildman–Crippen LogP) is 3.47. The maximum absolute atomic E-state index is 4.88. The monoisotopic (exact) mass is 250 g/mol. The van der Waals surface area contributed by atoms with Gasteiger partial charge >= 0.3 is 0 Å². The Balaban J connectivity index is 1.71. The van der Waals surface area contributed by atoms with Gasteiger partial charge in [0.2, 0.25) is 0 Å². The highest BCUT2D eigenvalue weighted by atomic mass is 32.2. The summed E-state index contributed by atoms with van der Waals surface area (Å²) in [5, 5.41) is 0. The van der Waals surface area contributed by atoms with Gasteiger partial charge in [-0.25, -0.2) is 4.98 Å². The third kappa shape index (κ3) is 2.54. The highest BCUT2D eigenvalue weighted by Gasteiger charge is 2.21. The van der Waals surface area contributed by atoms with Gasteiger partial charge in [0.1, 0.15) is 5.82 Å². The first-order chi connectivity index (χ1) is 8.33. The summed E-state index contributed by atoms with van der Waals surface area (Å²) in [5.74, 6) is 5.60. The van der Waals surface area contributed by atoms with Crippen molar-refractivity contribution in [3.8, 4) is 0 Å². The second-order valence-corrected chi connectivity index (χ2v) is 6.76. The third-order valence-corrected chi connectivity index (χ3v) is 5.37. The number of imidazole rings is 1. The van der Waals surface area contributed by atoms with E-state index in [0.717, 1.165) is 5.92 Å². The van der Waals surface area contributed by atoms with Gasteiger partial charge in [-0.15, -0.1) is 0 Å². The van der Waals surface area contributed by atoms with E-state index in [9.17, 15) is 0 Å². The maximum Gasteiger partial charge on any atom is 0.111 e. The molecule has 1 saturated heterocycles. The summed E-state index contributed by atoms with van der Waals surface area (Å²) in [6, 6.07) is 0. The first-order valence-electron chi connectivity index (χ1n) is 6.96. The van der Waals surface area contributed by atoms with Crippen LogP contribution in [0.3, 0.4) is 0 Å². The molecule has 2 unspecified atom stereocenters. The highest BCUT2D eigenvalue weighted by Crippen LogP contribution is 2.29. The van der Waals surface area contributed by atoms with E-state index in [4.69, 9.17) is 4.98 Å². The fourth-order valence-corrected chi connectivity index (χ4v) is 4.27. The molecule has 2 aliphatic rings. The molecule has 0 saturated carbocycles. The molecule has 0 bridgehead atoms. The van der Waals surface area contributed by atoms with E-state index in [1.165, 1.54) is 61.7 Å². The molecule has 2 aliphatic heterocycles. The number of rotatable bonds is 2. The zero-order chi connectivity index (χ0) is 11.7. The van der Waals surface area contributed by atoms with Crippen LogP contribution in [0.15, 0.2) is 6.20 Å². The Morgan fingerprint density at radius 1 is 1.41 bits per heavy atom. The van der Waals surface area contributed by atoms with E-state index in [1.54, 1.807) is 0 Å². The molecule has 3 heteroatoms. The highest BCUT2D eigenvalue weighted by molar-refractivity contribution is 7.99. The van der Waals surface area contributed by atoms with Gasteiger partial charge in [-0.1, -0.05) is 6.92 Å². The van der Waals surface area contributed by atoms with Crippen LogP contribution < -0.4 is 0 Å². The number of hydrogen-bond donors (Lipinski definition) is 0. The lowest BCUT2D eigenvalue weighted by molar-refractivity contribution is 0.463. The van der Waals surface area contributed by atoms with Gasteiger partial charge in [0.25, 0.3) is 0 Å². The zero-order valence-corrected chi connectivity index (χ0v) is 11.5. The maximum atomic E-state index is 4.88. The van der Waals surface area contributed by atoms with Crippen LogP contribution in [-0.4, -0.2) is 21.1 Å². The molecule has 0 radical (unpaired) electrons. The summed E-state index contributed by atoms with van der Waals surface area (Å²) in [5.41, 5.74) is 1.35. The molecule has 0 spiro atoms. The molecule has 94 valence electrons. The number of thioether (sulfide) groups is 1. The second kappa shape index (κ2) is 5.05. The SMILES string of the molecule is CC1CCCn2cc(CC3CCCSC3)nc21. The minimum atomic E-state index is 0.665. The molecule has 3 heterocycles. The van der Waals surface area contributed by atoms with Gasteiger partial charge < -0.3 is 4.57 Å². The van der Waals surface area contributed by atoms with Crippen LogP contribution in [-0.2, 0) is 13.0 Å². The molecule has 2 nitrogen and oxygen atoms in total. The molecule has 3 rings (SSSR count). The molecule has 1 fully saturated rings. The van der Waals surface area contributed by atoms with Crippen molar-refractivity contribution in [1.29, 1.82) is 0 Å². The molecule has 1 aromatic rings. The van der Waals surface area contributed by atoms with Crippen molar-refractivity contribution in [2.75, 3.05) is 11.5 Å². The summed E-state index contributed by atoms with van der Waals surface area (Å²) in [4.78, 5) is 4.88. The minimum absolute atomic E-state index is 0.665. The van der Waals surface area contributed by atoms with Crippen molar-refractivity contribution in [2.45, 2.75) is 51.5 Å². The third-order valence-electron chi connectivity index (χ3n) is 4.09. The normalized spacial score (nSPS) is 29.0. The first-order valence-corrected chi connectivity index (χ1v) is 8.12. The van der Waals surface area contributed by atoms with E-state index in [2.05, 4.69) is 29.4 Å². The standard InChI is InChI=1S/C14H22N2S/c1-11-4-2-6-16-9-13(15-14(11)16)8-12-5-3-7-17-10-12/h9,11-12H,2-8,10H2,1H3. The van der Waals surface area contributed by atoms with Crippen molar-refractivity contribution in [3.63, 3.8) is 0 Å². The molecular formula is C14H22N2S. The molecule has 2 atom stereocenters. The van der Waals surface area contributed by atoms with Crippen molar-refractivity contribution in [1.82, 2.24) is 9.55 Å². The van der Waals surface area contributed by atoms with Crippen LogP contribution in [0.1, 0.15) is 50.0 Å². The molecule has 1 aromatic heterocycles. The van der Waals surface area contributed by atoms with E-state index in [0.29, 0.717) is 5.92 Å². The van der Waals surface area contributed by atoms with E-state index < -0.39 is 0 Å². The average molecular weight is 250 g/mol. The van der Waals surface area contributed by atoms with Gasteiger partial charge in [0.15, 0.2) is 0 Å². The Morgan fingerprint density at radius 3 is 3.12 bits per heavy atom. The molecule has 0 aliphatic carbocycles. The quantitative estimate of drug-likeness (QED) is 0.800. The van der Waals surface area contributed by atoms with Gasteiger partial charge in [-0.3, -0.25) is 0 Å². The van der Waals surface area contributed by atoms with Crippen molar-refractivity contribution in [3.05, 3.63) is 17.7 Å². The fraction of sp³-hybridized carbons (Fsp3) is 0.786. The number of aromatic nitrogens is 2. The van der Waals surface area contributed by atoms with Crippen LogP contribution in [0.25, 0.3) is 0 Å². The topological polar surface area (TPSA) is 17.8 Å². The minimum Gasteiger partial charge on any atom is -0.334 e. The molecule has 0 amide bonds. The van der Waals surface area contributed by atoms with E-state index in [1.807, 2.05) is 0 Å². The van der Waals surface area contributed by atoms with Crippen molar-refractivity contribution >= 4 is 11.8 Å². The summed E-state index contributed by atoms with van der Waals surface area (Å²) in [6.45, 7) is 3.50. The summed E-state index contributed by atoms with van der Waals surface area (Å²) < 4.78 is 2.40. The molecule has 0 N–H and O–H groups in total. The fourth-order valence-electron chi connectivity index (χ4n) is 3.12. The average Bonchev–Trinajstić information content (AvgIpc) is 2.74. The van der Waals surface area contributed by atoms with E-state index >= 15 is 0 Å². The Morgan fingerprint density at radius 2 is 2.35 bits per heavy atom. The number of nitrogens with zero attached hydrogens (tertiary/aromatic N) is 2. The van der Waals surface area contributed by atoms with Crippen molar-refractivity contribution < 1.29 is 0 Å². The van der Waals surface area contributed by atoms with Crippen LogP contribution in [0, 0.1) is 5.92 Å². The number of aryl methyl sites for hydroxylation is 1. The van der Waals surface area contributed by atoms with Crippen LogP contribution in [0.2, 0.25) is 0 Å². The van der Waals surface area contributed by atoms with Gasteiger partial charge in [-0.2, -0.15) is 11.8 Å². The Hall–Kier alpha value is -0.440. The van der Waals surface area contributed by atoms with Gasteiger partial charge in [0.05, 0.1) is 5.69 Å². The summed E-state index contributed by atoms with van der Waals surface area (Å²) in [7, 11) is 0. The van der Waals surface area contributed by atoms with Crippen LogP contribution >= 0.6 is 11.8 Å². The van der Waals surface area contributed by atoms with Gasteiger partial charge in [0, 0.05) is 18.7 Å². The largest absolute Gasteiger partial charge is 0.334 e.